The van der Waals surface area contributed by atoms with Gasteiger partial charge in [0, 0.05) is 48.2 Å². The highest BCUT2D eigenvalue weighted by molar-refractivity contribution is 6.07. The number of ether oxygens (including phenoxy) is 1. The van der Waals surface area contributed by atoms with Crippen LogP contribution in [0.5, 0.6) is 5.75 Å². The number of anilines is 2. The van der Waals surface area contributed by atoms with Crippen molar-refractivity contribution in [2.75, 3.05) is 30.8 Å². The molecule has 2 heterocycles. The molecule has 2 aliphatic rings. The van der Waals surface area contributed by atoms with Crippen molar-refractivity contribution in [2.24, 2.45) is 4.99 Å². The van der Waals surface area contributed by atoms with Crippen LogP contribution in [0.15, 0.2) is 65.7 Å². The highest BCUT2D eigenvalue weighted by Gasteiger charge is 2.36. The minimum absolute atomic E-state index is 0.0231. The van der Waals surface area contributed by atoms with E-state index in [4.69, 9.17) is 4.74 Å². The summed E-state index contributed by atoms with van der Waals surface area (Å²) in [6.07, 6.45) is 0.498. The maximum atomic E-state index is 13.5. The number of carboxylic acid groups (broad SMARTS) is 1. The van der Waals surface area contributed by atoms with Gasteiger partial charge in [-0.25, -0.2) is 0 Å². The van der Waals surface area contributed by atoms with E-state index in [0.717, 1.165) is 19.5 Å². The molecule has 3 aromatic rings. The lowest BCUT2D eigenvalue weighted by Crippen LogP contribution is -2.35. The van der Waals surface area contributed by atoms with Gasteiger partial charge in [-0.1, -0.05) is 18.2 Å². The second-order valence-electron chi connectivity index (χ2n) is 9.78. The summed E-state index contributed by atoms with van der Waals surface area (Å²) in [7, 11) is 1.30. The number of nitro benzene ring substituents is 1. The predicted octanol–water partition coefficient (Wildman–Crippen LogP) is 3.79. The molecule has 0 spiro atoms. The van der Waals surface area contributed by atoms with Gasteiger partial charge < -0.3 is 30.7 Å². The van der Waals surface area contributed by atoms with Gasteiger partial charge in [-0.2, -0.15) is 0 Å². The Morgan fingerprint density at radius 1 is 1.17 bits per heavy atom. The van der Waals surface area contributed by atoms with Gasteiger partial charge in [0.05, 0.1) is 24.5 Å². The van der Waals surface area contributed by atoms with Gasteiger partial charge >= 0.3 is 11.7 Å². The Hall–Kier alpha value is -5.46. The summed E-state index contributed by atoms with van der Waals surface area (Å²) in [5.74, 6) is -1.33. The maximum absolute atomic E-state index is 13.5. The number of carbonyl (C=O) groups excluding carboxylic acids is 2. The van der Waals surface area contributed by atoms with Crippen LogP contribution in [0.3, 0.4) is 0 Å². The molecule has 42 heavy (non-hydrogen) atoms. The lowest BCUT2D eigenvalue weighted by atomic mass is 10.0. The first-order valence-corrected chi connectivity index (χ1v) is 13.2. The molecule has 13 nitrogen and oxygen atoms in total. The van der Waals surface area contributed by atoms with Crippen LogP contribution < -0.4 is 20.7 Å². The molecule has 0 aliphatic carbocycles. The van der Waals surface area contributed by atoms with E-state index in [1.54, 1.807) is 36.4 Å². The van der Waals surface area contributed by atoms with Crippen LogP contribution in [0.2, 0.25) is 0 Å². The van der Waals surface area contributed by atoms with E-state index < -0.39 is 29.3 Å². The molecule has 0 fully saturated rings. The van der Waals surface area contributed by atoms with Gasteiger partial charge in [-0.3, -0.25) is 29.5 Å². The van der Waals surface area contributed by atoms with Crippen molar-refractivity contribution in [3.63, 3.8) is 0 Å². The molecule has 5 rings (SSSR count). The highest BCUT2D eigenvalue weighted by Crippen LogP contribution is 2.38. The van der Waals surface area contributed by atoms with Gasteiger partial charge in [0.2, 0.25) is 0 Å². The van der Waals surface area contributed by atoms with E-state index in [9.17, 15) is 29.6 Å². The number of nitrogens with one attached hydrogen (secondary N) is 3. The molecule has 3 aromatic carbocycles. The topological polar surface area (TPSA) is 176 Å². The zero-order valence-corrected chi connectivity index (χ0v) is 22.6. The average Bonchev–Trinajstić information content (AvgIpc) is 3.31. The van der Waals surface area contributed by atoms with E-state index in [0.29, 0.717) is 39.6 Å². The normalized spacial score (nSPS) is 14.7. The Kier molecular flexibility index (Phi) is 8.00. The molecule has 2 aliphatic heterocycles. The SMILES string of the molecule is COc1ccc(C(CC(=O)O)N2Cc3ccc(NC(=O)c4cccc(NC5=NCCCN5)c4)cc3C2=O)cc1[N+](=O)[O-]. The van der Waals surface area contributed by atoms with Crippen molar-refractivity contribution in [1.29, 1.82) is 0 Å². The standard InChI is InChI=1S/C29H28N6O7/c1-42-25-9-7-17(13-24(25)35(40)41)23(15-26(36)37)34-16-19-6-8-21(14-22(19)28(34)39)32-27(38)18-4-2-5-20(12-18)33-29-30-10-3-11-31-29/h2,4-9,12-14,23H,3,10-11,15-16H2,1H3,(H,32,38)(H,36,37)(H2,30,31,33). The zero-order valence-electron chi connectivity index (χ0n) is 22.6. The number of amides is 2. The highest BCUT2D eigenvalue weighted by atomic mass is 16.6. The number of nitro groups is 1. The number of hydrogen-bond acceptors (Lipinski definition) is 9. The van der Waals surface area contributed by atoms with Crippen LogP contribution >= 0.6 is 0 Å². The number of hydrogen-bond donors (Lipinski definition) is 4. The molecule has 0 saturated heterocycles. The van der Waals surface area contributed by atoms with Gasteiger partial charge in [0.25, 0.3) is 11.8 Å². The molecular weight excluding hydrogens is 544 g/mol. The van der Waals surface area contributed by atoms with E-state index in [1.165, 1.54) is 30.2 Å². The van der Waals surface area contributed by atoms with E-state index in [-0.39, 0.29) is 23.9 Å². The van der Waals surface area contributed by atoms with E-state index >= 15 is 0 Å². The van der Waals surface area contributed by atoms with Gasteiger partial charge in [-0.15, -0.1) is 0 Å². The van der Waals surface area contributed by atoms with Crippen molar-refractivity contribution in [2.45, 2.75) is 25.4 Å². The quantitative estimate of drug-likeness (QED) is 0.220. The maximum Gasteiger partial charge on any atom is 0.311 e. The van der Waals surface area contributed by atoms with Crippen LogP contribution in [0, 0.1) is 10.1 Å². The molecule has 0 radical (unpaired) electrons. The fourth-order valence-corrected chi connectivity index (χ4v) is 4.98. The minimum atomic E-state index is -1.17. The third-order valence-corrected chi connectivity index (χ3v) is 7.01. The first-order valence-electron chi connectivity index (χ1n) is 13.2. The summed E-state index contributed by atoms with van der Waals surface area (Å²) in [4.78, 5) is 55.0. The Labute approximate surface area is 240 Å². The number of carboxylic acids is 1. The zero-order chi connectivity index (χ0) is 29.8. The number of methoxy groups -OCH3 is 1. The molecule has 0 saturated carbocycles. The fraction of sp³-hybridized carbons (Fsp3) is 0.241. The third kappa shape index (κ3) is 5.99. The smallest absolute Gasteiger partial charge is 0.311 e. The van der Waals surface area contributed by atoms with Crippen molar-refractivity contribution in [3.05, 3.63) is 93.0 Å². The van der Waals surface area contributed by atoms with Crippen molar-refractivity contribution in [3.8, 4) is 5.75 Å². The Morgan fingerprint density at radius 2 is 2.00 bits per heavy atom. The largest absolute Gasteiger partial charge is 0.490 e. The van der Waals surface area contributed by atoms with Crippen LogP contribution in [-0.4, -0.2) is 58.9 Å². The van der Waals surface area contributed by atoms with Crippen LogP contribution in [0.25, 0.3) is 0 Å². The van der Waals surface area contributed by atoms with Crippen molar-refractivity contribution in [1.82, 2.24) is 10.2 Å². The molecule has 0 aromatic heterocycles. The fourth-order valence-electron chi connectivity index (χ4n) is 4.98. The number of guanidine groups is 1. The summed E-state index contributed by atoms with van der Waals surface area (Å²) >= 11 is 0. The molecule has 0 bridgehead atoms. The molecule has 13 heteroatoms. The number of aliphatic imine (C=N–C) groups is 1. The number of nitrogens with zero attached hydrogens (tertiary/aromatic N) is 3. The van der Waals surface area contributed by atoms with E-state index in [1.807, 2.05) is 6.07 Å². The lowest BCUT2D eigenvalue weighted by molar-refractivity contribution is -0.385. The molecule has 2 amide bonds. The Balaban J connectivity index is 1.35. The number of rotatable bonds is 9. The first-order chi connectivity index (χ1) is 20.2. The Bertz CT molecular complexity index is 1610. The predicted molar refractivity (Wildman–Crippen MR) is 154 cm³/mol. The van der Waals surface area contributed by atoms with Crippen molar-refractivity contribution < 1.29 is 29.2 Å². The Morgan fingerprint density at radius 3 is 2.71 bits per heavy atom. The number of carbonyl (C=O) groups is 3. The second kappa shape index (κ2) is 12.0. The van der Waals surface area contributed by atoms with Crippen LogP contribution in [-0.2, 0) is 11.3 Å². The summed E-state index contributed by atoms with van der Waals surface area (Å²) in [6.45, 7) is 1.64. The summed E-state index contributed by atoms with van der Waals surface area (Å²) in [6, 6.07) is 15.0. The second-order valence-corrected chi connectivity index (χ2v) is 9.78. The summed E-state index contributed by atoms with van der Waals surface area (Å²) in [5.41, 5.74) is 2.39. The van der Waals surface area contributed by atoms with Crippen LogP contribution in [0.4, 0.5) is 17.1 Å². The number of fused-ring (bicyclic) bond motifs is 1. The van der Waals surface area contributed by atoms with Gasteiger partial charge in [0.15, 0.2) is 11.7 Å². The monoisotopic (exact) mass is 572 g/mol. The lowest BCUT2D eigenvalue weighted by Gasteiger charge is -2.27. The van der Waals surface area contributed by atoms with E-state index in [2.05, 4.69) is 20.9 Å². The third-order valence-electron chi connectivity index (χ3n) is 7.01. The summed E-state index contributed by atoms with van der Waals surface area (Å²) < 4.78 is 5.05. The average molecular weight is 573 g/mol. The summed E-state index contributed by atoms with van der Waals surface area (Å²) in [5, 5.41) is 30.3. The number of aliphatic carboxylic acids is 1. The minimum Gasteiger partial charge on any atom is -0.490 e. The van der Waals surface area contributed by atoms with Gasteiger partial charge in [-0.05, 0) is 53.9 Å². The number of benzene rings is 3. The van der Waals surface area contributed by atoms with Gasteiger partial charge in [0.1, 0.15) is 0 Å². The first kappa shape index (κ1) is 28.1. The molecule has 1 unspecified atom stereocenters. The molecule has 216 valence electrons. The van der Waals surface area contributed by atoms with Crippen LogP contribution in [0.1, 0.15) is 50.7 Å². The molecule has 4 N–H and O–H groups in total. The molecule has 1 atom stereocenters. The molecular formula is C29H28N6O7. The van der Waals surface area contributed by atoms with Crippen molar-refractivity contribution >= 4 is 40.8 Å².